The quantitative estimate of drug-likeness (QED) is 0.687. The van der Waals surface area contributed by atoms with E-state index in [2.05, 4.69) is 55.2 Å². The molecule has 0 aliphatic heterocycles. The van der Waals surface area contributed by atoms with Crippen molar-refractivity contribution in [1.29, 1.82) is 0 Å². The SMILES string of the molecule is CCCNc1nc(C(C)C)nc(NC(CO)C(C)C)c1C. The second-order valence-electron chi connectivity index (χ2n) is 6.16. The van der Waals surface area contributed by atoms with E-state index in [0.717, 1.165) is 36.0 Å². The number of nitrogens with one attached hydrogen (secondary N) is 2. The lowest BCUT2D eigenvalue weighted by molar-refractivity contribution is 0.249. The molecule has 3 N–H and O–H groups in total. The Morgan fingerprint density at radius 2 is 1.71 bits per heavy atom. The predicted molar refractivity (Wildman–Crippen MR) is 89.0 cm³/mol. The third-order valence-electron chi connectivity index (χ3n) is 3.55. The molecule has 1 unspecified atom stereocenters. The summed E-state index contributed by atoms with van der Waals surface area (Å²) in [5.41, 5.74) is 1.01. The van der Waals surface area contributed by atoms with E-state index in [-0.39, 0.29) is 18.6 Å². The Hall–Kier alpha value is -1.36. The first-order valence-electron chi connectivity index (χ1n) is 7.90. The Morgan fingerprint density at radius 1 is 1.10 bits per heavy atom. The predicted octanol–water partition coefficient (Wildman–Crippen LogP) is 3.16. The number of aliphatic hydroxyl groups is 1. The summed E-state index contributed by atoms with van der Waals surface area (Å²) >= 11 is 0. The molecule has 0 amide bonds. The van der Waals surface area contributed by atoms with E-state index in [1.54, 1.807) is 0 Å². The minimum atomic E-state index is -0.00219. The molecule has 0 fully saturated rings. The number of rotatable bonds is 8. The number of hydrogen-bond donors (Lipinski definition) is 3. The van der Waals surface area contributed by atoms with Crippen molar-refractivity contribution in [2.24, 2.45) is 5.92 Å². The highest BCUT2D eigenvalue weighted by Gasteiger charge is 2.17. The van der Waals surface area contributed by atoms with E-state index in [1.165, 1.54) is 0 Å². The molecule has 0 radical (unpaired) electrons. The largest absolute Gasteiger partial charge is 0.394 e. The molecule has 0 aliphatic carbocycles. The highest BCUT2D eigenvalue weighted by molar-refractivity contribution is 5.57. The minimum absolute atomic E-state index is 0.00219. The lowest BCUT2D eigenvalue weighted by Gasteiger charge is -2.23. The summed E-state index contributed by atoms with van der Waals surface area (Å²) in [6, 6.07) is -0.00219. The van der Waals surface area contributed by atoms with E-state index in [9.17, 15) is 5.11 Å². The van der Waals surface area contributed by atoms with Gasteiger partial charge in [0, 0.05) is 18.0 Å². The zero-order chi connectivity index (χ0) is 16.0. The summed E-state index contributed by atoms with van der Waals surface area (Å²) < 4.78 is 0. The van der Waals surface area contributed by atoms with Crippen LogP contribution in [0.5, 0.6) is 0 Å². The Balaban J connectivity index is 3.13. The van der Waals surface area contributed by atoms with Crippen molar-refractivity contribution in [1.82, 2.24) is 9.97 Å². The molecule has 5 nitrogen and oxygen atoms in total. The van der Waals surface area contributed by atoms with Crippen molar-refractivity contribution >= 4 is 11.6 Å². The smallest absolute Gasteiger partial charge is 0.135 e. The normalized spacial score (nSPS) is 12.8. The van der Waals surface area contributed by atoms with Gasteiger partial charge in [0.25, 0.3) is 0 Å². The second kappa shape index (κ2) is 8.17. The topological polar surface area (TPSA) is 70.1 Å². The van der Waals surface area contributed by atoms with E-state index in [0.29, 0.717) is 5.92 Å². The number of hydrogen-bond acceptors (Lipinski definition) is 5. The van der Waals surface area contributed by atoms with Crippen LogP contribution in [-0.4, -0.2) is 34.3 Å². The Labute approximate surface area is 128 Å². The first-order valence-corrected chi connectivity index (χ1v) is 7.90. The highest BCUT2D eigenvalue weighted by atomic mass is 16.3. The summed E-state index contributed by atoms with van der Waals surface area (Å²) in [7, 11) is 0. The molecule has 1 atom stereocenters. The number of nitrogens with zero attached hydrogens (tertiary/aromatic N) is 2. The van der Waals surface area contributed by atoms with Gasteiger partial charge in [-0.25, -0.2) is 9.97 Å². The minimum Gasteiger partial charge on any atom is -0.394 e. The molecule has 21 heavy (non-hydrogen) atoms. The number of aromatic nitrogens is 2. The zero-order valence-corrected chi connectivity index (χ0v) is 14.2. The monoisotopic (exact) mass is 294 g/mol. The number of aliphatic hydroxyl groups excluding tert-OH is 1. The molecule has 0 spiro atoms. The van der Waals surface area contributed by atoms with Crippen molar-refractivity contribution in [3.8, 4) is 0 Å². The Morgan fingerprint density at radius 3 is 2.19 bits per heavy atom. The van der Waals surface area contributed by atoms with Gasteiger partial charge in [-0.05, 0) is 19.3 Å². The van der Waals surface area contributed by atoms with Crippen molar-refractivity contribution in [3.05, 3.63) is 11.4 Å². The molecule has 1 heterocycles. The van der Waals surface area contributed by atoms with Gasteiger partial charge in [0.2, 0.25) is 0 Å². The molecular formula is C16H30N4O. The fourth-order valence-corrected chi connectivity index (χ4v) is 1.95. The maximum atomic E-state index is 9.52. The van der Waals surface area contributed by atoms with Crippen molar-refractivity contribution in [2.75, 3.05) is 23.8 Å². The molecular weight excluding hydrogens is 264 g/mol. The third-order valence-corrected chi connectivity index (χ3v) is 3.55. The van der Waals surface area contributed by atoms with Crippen LogP contribution in [0.2, 0.25) is 0 Å². The van der Waals surface area contributed by atoms with Crippen LogP contribution in [0.25, 0.3) is 0 Å². The lowest BCUT2D eigenvalue weighted by atomic mass is 10.1. The summed E-state index contributed by atoms with van der Waals surface area (Å²) in [5.74, 6) is 3.12. The van der Waals surface area contributed by atoms with E-state index < -0.39 is 0 Å². The molecule has 120 valence electrons. The first-order chi connectivity index (χ1) is 9.90. The first kappa shape index (κ1) is 17.7. The van der Waals surface area contributed by atoms with Crippen molar-refractivity contribution in [2.45, 2.75) is 59.9 Å². The average molecular weight is 294 g/mol. The van der Waals surface area contributed by atoms with Crippen molar-refractivity contribution < 1.29 is 5.11 Å². The fraction of sp³-hybridized carbons (Fsp3) is 0.750. The third kappa shape index (κ3) is 4.84. The average Bonchev–Trinajstić information content (AvgIpc) is 2.44. The van der Waals surface area contributed by atoms with E-state index in [4.69, 9.17) is 0 Å². The van der Waals surface area contributed by atoms with Gasteiger partial charge in [-0.15, -0.1) is 0 Å². The molecule has 0 saturated carbocycles. The molecule has 0 saturated heterocycles. The lowest BCUT2D eigenvalue weighted by Crippen LogP contribution is -2.30. The molecule has 0 aliphatic rings. The standard InChI is InChI=1S/C16H30N4O/c1-7-8-17-15-12(6)16(18-13(9-21)10(2)3)20-14(19-15)11(4)5/h10-11,13,21H,7-9H2,1-6H3,(H2,17,18,19,20). The van der Waals surface area contributed by atoms with E-state index >= 15 is 0 Å². The zero-order valence-electron chi connectivity index (χ0n) is 14.2. The van der Waals surface area contributed by atoms with Gasteiger partial charge >= 0.3 is 0 Å². The van der Waals surface area contributed by atoms with Crippen LogP contribution < -0.4 is 10.6 Å². The maximum absolute atomic E-state index is 9.52. The summed E-state index contributed by atoms with van der Waals surface area (Å²) in [6.07, 6.45) is 1.05. The Kier molecular flexibility index (Phi) is 6.89. The highest BCUT2D eigenvalue weighted by Crippen LogP contribution is 2.24. The van der Waals surface area contributed by atoms with E-state index in [1.807, 2.05) is 6.92 Å². The summed E-state index contributed by atoms with van der Waals surface area (Å²) in [4.78, 5) is 9.26. The van der Waals surface area contributed by atoms with Gasteiger partial charge in [-0.1, -0.05) is 34.6 Å². The fourth-order valence-electron chi connectivity index (χ4n) is 1.95. The van der Waals surface area contributed by atoms with Gasteiger partial charge in [0.05, 0.1) is 12.6 Å². The summed E-state index contributed by atoms with van der Waals surface area (Å²) in [5, 5.41) is 16.2. The van der Waals surface area contributed by atoms with Crippen LogP contribution in [0.3, 0.4) is 0 Å². The molecule has 1 rings (SSSR count). The van der Waals surface area contributed by atoms with Crippen LogP contribution in [0.15, 0.2) is 0 Å². The van der Waals surface area contributed by atoms with Gasteiger partial charge in [0.15, 0.2) is 0 Å². The molecule has 0 bridgehead atoms. The Bertz CT molecular complexity index is 446. The second-order valence-corrected chi connectivity index (χ2v) is 6.16. The van der Waals surface area contributed by atoms with Crippen LogP contribution in [0.4, 0.5) is 11.6 Å². The number of anilines is 2. The molecule has 5 heteroatoms. The molecule has 1 aromatic rings. The van der Waals surface area contributed by atoms with Gasteiger partial charge < -0.3 is 15.7 Å². The maximum Gasteiger partial charge on any atom is 0.135 e. The van der Waals surface area contributed by atoms with Crippen LogP contribution >= 0.6 is 0 Å². The summed E-state index contributed by atoms with van der Waals surface area (Å²) in [6.45, 7) is 13.5. The van der Waals surface area contributed by atoms with Gasteiger partial charge in [-0.3, -0.25) is 0 Å². The van der Waals surface area contributed by atoms with Crippen LogP contribution in [0.1, 0.15) is 58.3 Å². The van der Waals surface area contributed by atoms with Crippen molar-refractivity contribution in [3.63, 3.8) is 0 Å². The van der Waals surface area contributed by atoms with Gasteiger partial charge in [0.1, 0.15) is 17.5 Å². The van der Waals surface area contributed by atoms with Crippen LogP contribution in [-0.2, 0) is 0 Å². The van der Waals surface area contributed by atoms with Crippen LogP contribution in [0, 0.1) is 12.8 Å². The van der Waals surface area contributed by atoms with Gasteiger partial charge in [-0.2, -0.15) is 0 Å². The molecule has 0 aromatic carbocycles. The molecule has 1 aromatic heterocycles.